The van der Waals surface area contributed by atoms with Crippen LogP contribution in [0, 0.1) is 0 Å². The van der Waals surface area contributed by atoms with Crippen LogP contribution in [0.2, 0.25) is 0 Å². The molecule has 0 atom stereocenters. The van der Waals surface area contributed by atoms with Crippen LogP contribution in [0.25, 0.3) is 104 Å². The fourth-order valence-electron chi connectivity index (χ4n) is 8.12. The molecule has 11 rings (SSSR count). The molecule has 3 aromatic heterocycles. The average Bonchev–Trinajstić information content (AvgIpc) is 3.82. The van der Waals surface area contributed by atoms with E-state index in [1.165, 1.54) is 54.3 Å². The highest BCUT2D eigenvalue weighted by Gasteiger charge is 2.18. The lowest BCUT2D eigenvalue weighted by Crippen LogP contribution is -1.94. The monoisotopic (exact) mass is 731 g/mol. The Hall–Kier alpha value is -7.14. The Kier molecular flexibility index (Phi) is 7.68. The Bertz CT molecular complexity index is 3200. The molecular formula is C52H33N3S. The average molecular weight is 732 g/mol. The van der Waals surface area contributed by atoms with Crippen LogP contribution in [0.5, 0.6) is 0 Å². The quantitative estimate of drug-likeness (QED) is 0.170. The van der Waals surface area contributed by atoms with E-state index in [2.05, 4.69) is 187 Å². The summed E-state index contributed by atoms with van der Waals surface area (Å²) < 4.78 is 4.67. The van der Waals surface area contributed by atoms with Crippen molar-refractivity contribution >= 4 is 53.4 Å². The van der Waals surface area contributed by atoms with Crippen molar-refractivity contribution in [3.05, 3.63) is 200 Å². The Morgan fingerprint density at radius 3 is 1.57 bits per heavy atom. The van der Waals surface area contributed by atoms with Gasteiger partial charge in [0.2, 0.25) is 0 Å². The maximum Gasteiger partial charge on any atom is 0.160 e. The highest BCUT2D eigenvalue weighted by Crippen LogP contribution is 2.42. The fraction of sp³-hybridized carbons (Fsp3) is 0. The first-order valence-electron chi connectivity index (χ1n) is 18.9. The number of fused-ring (bicyclic) bond motifs is 6. The van der Waals surface area contributed by atoms with Crippen molar-refractivity contribution in [2.45, 2.75) is 0 Å². The molecule has 3 nitrogen and oxygen atoms in total. The molecule has 0 amide bonds. The zero-order chi connectivity index (χ0) is 37.0. The molecule has 11 aromatic rings. The van der Waals surface area contributed by atoms with Crippen molar-refractivity contribution in [2.75, 3.05) is 0 Å². The van der Waals surface area contributed by atoms with Crippen molar-refractivity contribution in [1.29, 1.82) is 0 Å². The van der Waals surface area contributed by atoms with Gasteiger partial charge in [-0.2, -0.15) is 0 Å². The number of rotatable bonds is 6. The molecule has 0 fully saturated rings. The maximum atomic E-state index is 5.27. The normalized spacial score (nSPS) is 11.6. The summed E-state index contributed by atoms with van der Waals surface area (Å²) in [6.07, 6.45) is 0. The van der Waals surface area contributed by atoms with Crippen LogP contribution in [0.15, 0.2) is 200 Å². The second-order valence-electron chi connectivity index (χ2n) is 14.2. The van der Waals surface area contributed by atoms with Crippen LogP contribution in [-0.4, -0.2) is 14.5 Å². The summed E-state index contributed by atoms with van der Waals surface area (Å²) in [7, 11) is 0. The van der Waals surface area contributed by atoms with E-state index in [-0.39, 0.29) is 0 Å². The Balaban J connectivity index is 1.03. The van der Waals surface area contributed by atoms with Crippen molar-refractivity contribution in [3.8, 4) is 61.7 Å². The van der Waals surface area contributed by atoms with Gasteiger partial charge in [0.05, 0.1) is 26.9 Å². The van der Waals surface area contributed by atoms with Gasteiger partial charge in [-0.3, -0.25) is 0 Å². The highest BCUT2D eigenvalue weighted by atomic mass is 32.1. The molecule has 0 aliphatic carbocycles. The van der Waals surface area contributed by atoms with Crippen LogP contribution in [0.4, 0.5) is 0 Å². The molecule has 0 spiro atoms. The highest BCUT2D eigenvalue weighted by molar-refractivity contribution is 7.26. The van der Waals surface area contributed by atoms with E-state index in [9.17, 15) is 0 Å². The number of hydrogen-bond acceptors (Lipinski definition) is 3. The molecule has 0 unspecified atom stereocenters. The van der Waals surface area contributed by atoms with Crippen LogP contribution >= 0.6 is 11.3 Å². The van der Waals surface area contributed by atoms with Gasteiger partial charge in [-0.05, 0) is 81.9 Å². The molecule has 0 N–H and O–H groups in total. The third-order valence-electron chi connectivity index (χ3n) is 10.8. The van der Waals surface area contributed by atoms with E-state index in [4.69, 9.17) is 9.97 Å². The molecule has 56 heavy (non-hydrogen) atoms. The number of para-hydroxylation sites is 2. The van der Waals surface area contributed by atoms with Gasteiger partial charge in [0.15, 0.2) is 5.82 Å². The van der Waals surface area contributed by atoms with E-state index in [1.807, 2.05) is 18.2 Å². The van der Waals surface area contributed by atoms with Gasteiger partial charge in [0.25, 0.3) is 0 Å². The Labute approximate surface area is 328 Å². The van der Waals surface area contributed by atoms with Crippen molar-refractivity contribution in [1.82, 2.24) is 14.5 Å². The third-order valence-corrected chi connectivity index (χ3v) is 12.0. The van der Waals surface area contributed by atoms with E-state index in [0.29, 0.717) is 0 Å². The van der Waals surface area contributed by atoms with Crippen LogP contribution in [0.1, 0.15) is 0 Å². The Morgan fingerprint density at radius 2 is 0.875 bits per heavy atom. The van der Waals surface area contributed by atoms with Gasteiger partial charge in [0.1, 0.15) is 0 Å². The minimum Gasteiger partial charge on any atom is -0.309 e. The van der Waals surface area contributed by atoms with Crippen molar-refractivity contribution in [2.24, 2.45) is 0 Å². The maximum absolute atomic E-state index is 5.27. The van der Waals surface area contributed by atoms with Gasteiger partial charge in [-0.25, -0.2) is 9.97 Å². The Morgan fingerprint density at radius 1 is 0.357 bits per heavy atom. The number of benzene rings is 8. The number of thiophene rings is 1. The first-order chi connectivity index (χ1) is 27.7. The van der Waals surface area contributed by atoms with Crippen molar-refractivity contribution < 1.29 is 0 Å². The minimum atomic E-state index is 0.730. The van der Waals surface area contributed by atoms with Crippen LogP contribution < -0.4 is 0 Å². The molecule has 0 aliphatic rings. The molecule has 262 valence electrons. The molecule has 0 aliphatic heterocycles. The summed E-state index contributed by atoms with van der Waals surface area (Å²) in [6.45, 7) is 0. The molecule has 4 heteroatoms. The zero-order valence-corrected chi connectivity index (χ0v) is 31.1. The molecule has 0 radical (unpaired) electrons. The van der Waals surface area contributed by atoms with Gasteiger partial charge in [-0.15, -0.1) is 11.3 Å². The molecule has 0 saturated heterocycles. The van der Waals surface area contributed by atoms with Crippen molar-refractivity contribution in [3.63, 3.8) is 0 Å². The first-order valence-corrected chi connectivity index (χ1v) is 19.7. The lowest BCUT2D eigenvalue weighted by molar-refractivity contribution is 1.18. The predicted octanol–water partition coefficient (Wildman–Crippen LogP) is 14.3. The van der Waals surface area contributed by atoms with Gasteiger partial charge in [-0.1, -0.05) is 152 Å². The minimum absolute atomic E-state index is 0.730. The number of aromatic nitrogens is 3. The SMILES string of the molecule is c1ccc(-c2cccc(-c3nc(-c4ccccc4)nc4c3sc3ccc(-c5cccc(-c6cccc(-n7c8ccccc8c8ccccc87)c6)c5)cc34)c2)cc1. The topological polar surface area (TPSA) is 30.7 Å². The van der Waals surface area contributed by atoms with Crippen LogP contribution in [0.3, 0.4) is 0 Å². The third kappa shape index (κ3) is 5.50. The molecule has 0 saturated carbocycles. The number of hydrogen-bond donors (Lipinski definition) is 0. The standard InChI is InChI=1S/C52H33N3S/c1-3-14-34(15-4-1)36-18-12-22-41(31-36)49-51-50(54-52(53-49)35-16-5-2-6-17-35)45-33-40(28-29-48(45)56-51)38-20-11-19-37(30-38)39-21-13-23-42(32-39)55-46-26-9-7-24-43(46)44-25-8-10-27-47(44)55/h1-33H. The summed E-state index contributed by atoms with van der Waals surface area (Å²) >= 11 is 1.77. The molecule has 8 aromatic carbocycles. The van der Waals surface area contributed by atoms with Gasteiger partial charge in [0, 0.05) is 37.7 Å². The van der Waals surface area contributed by atoms with Crippen LogP contribution in [-0.2, 0) is 0 Å². The summed E-state index contributed by atoms with van der Waals surface area (Å²) in [4.78, 5) is 10.5. The predicted molar refractivity (Wildman–Crippen MR) is 236 cm³/mol. The summed E-state index contributed by atoms with van der Waals surface area (Å²) in [6, 6.07) is 71.5. The zero-order valence-electron chi connectivity index (χ0n) is 30.3. The fourth-order valence-corrected chi connectivity index (χ4v) is 9.25. The lowest BCUT2D eigenvalue weighted by Gasteiger charge is -2.11. The van der Waals surface area contributed by atoms with E-state index < -0.39 is 0 Å². The van der Waals surface area contributed by atoms with E-state index >= 15 is 0 Å². The van der Waals surface area contributed by atoms with Gasteiger partial charge < -0.3 is 4.57 Å². The summed E-state index contributed by atoms with van der Waals surface area (Å²) in [5, 5.41) is 3.67. The van der Waals surface area contributed by atoms with E-state index in [1.54, 1.807) is 11.3 Å². The lowest BCUT2D eigenvalue weighted by atomic mass is 9.98. The second kappa shape index (κ2) is 13.3. The van der Waals surface area contributed by atoms with Gasteiger partial charge >= 0.3 is 0 Å². The molecular weight excluding hydrogens is 699 g/mol. The number of nitrogens with zero attached hydrogens (tertiary/aromatic N) is 3. The largest absolute Gasteiger partial charge is 0.309 e. The second-order valence-corrected chi connectivity index (χ2v) is 15.3. The summed E-state index contributed by atoms with van der Waals surface area (Å²) in [5.41, 5.74) is 14.6. The first kappa shape index (κ1) is 32.3. The smallest absolute Gasteiger partial charge is 0.160 e. The van der Waals surface area contributed by atoms with E-state index in [0.717, 1.165) is 49.5 Å². The molecule has 3 heterocycles. The summed E-state index contributed by atoms with van der Waals surface area (Å²) in [5.74, 6) is 0.730. The molecule has 0 bridgehead atoms.